The number of methoxy groups -OCH3 is 2. The first-order valence-electron chi connectivity index (χ1n) is 6.37. The van der Waals surface area contributed by atoms with Gasteiger partial charge >= 0.3 is 26.2 Å². The number of rotatable bonds is 6. The third-order valence-electron chi connectivity index (χ3n) is 2.68. The summed E-state index contributed by atoms with van der Waals surface area (Å²) in [6.45, 7) is 1.62. The van der Waals surface area contributed by atoms with Crippen molar-refractivity contribution in [1.82, 2.24) is 0 Å². The first-order valence-corrected chi connectivity index (χ1v) is 6.37. The van der Waals surface area contributed by atoms with Gasteiger partial charge in [-0.15, -0.1) is 12.8 Å². The maximum absolute atomic E-state index is 4.91. The van der Waals surface area contributed by atoms with Crippen LogP contribution in [0.25, 0.3) is 0 Å². The van der Waals surface area contributed by atoms with Crippen LogP contribution >= 0.6 is 0 Å². The van der Waals surface area contributed by atoms with Crippen LogP contribution in [0.1, 0.15) is 25.7 Å². The molecule has 0 fully saturated rings. The van der Waals surface area contributed by atoms with E-state index in [1.807, 2.05) is 0 Å². The van der Waals surface area contributed by atoms with Gasteiger partial charge in [-0.2, -0.15) is 12.2 Å². The topological polar surface area (TPSA) is 18.5 Å². The quantitative estimate of drug-likeness (QED) is 0.450. The maximum Gasteiger partial charge on any atom is 4.00 e. The Bertz CT molecular complexity index is 316. The zero-order valence-electron chi connectivity index (χ0n) is 12.6. The number of ether oxygens (including phenoxy) is 2. The summed E-state index contributed by atoms with van der Waals surface area (Å²) >= 11 is 0. The average Bonchev–Trinajstić information content (AvgIpc) is 3.07. The summed E-state index contributed by atoms with van der Waals surface area (Å²) in [6.07, 6.45) is 18.9. The SMILES string of the molecule is COCCC1=[C-]CC=C1.COCCC1=[C-]CC=C1.[Cl-].[Cl-].[Zr+4]. The van der Waals surface area contributed by atoms with Crippen LogP contribution in [-0.2, 0) is 35.7 Å². The predicted molar refractivity (Wildman–Crippen MR) is 74.0 cm³/mol. The Balaban J connectivity index is -0.000000270. The fourth-order valence-corrected chi connectivity index (χ4v) is 1.67. The average molecular weight is 408 g/mol. The smallest absolute Gasteiger partial charge is 1.00 e. The molecule has 0 saturated heterocycles. The summed E-state index contributed by atoms with van der Waals surface area (Å²) in [7, 11) is 3.44. The minimum absolute atomic E-state index is 0. The number of hydrogen-bond acceptors (Lipinski definition) is 2. The molecule has 0 bridgehead atoms. The molecule has 0 aromatic carbocycles. The molecular weight excluding hydrogens is 386 g/mol. The predicted octanol–water partition coefficient (Wildman–Crippen LogP) is -2.57. The van der Waals surface area contributed by atoms with E-state index in [1.165, 1.54) is 11.1 Å². The summed E-state index contributed by atoms with van der Waals surface area (Å²) < 4.78 is 9.82. The zero-order chi connectivity index (χ0) is 13.1. The molecule has 2 aliphatic rings. The molecule has 0 amide bonds. The van der Waals surface area contributed by atoms with Crippen molar-refractivity contribution >= 4 is 0 Å². The number of hydrogen-bond donors (Lipinski definition) is 0. The maximum atomic E-state index is 4.91. The van der Waals surface area contributed by atoms with Gasteiger partial charge in [0.05, 0.1) is 0 Å². The minimum Gasteiger partial charge on any atom is -1.00 e. The first-order chi connectivity index (χ1) is 8.86. The molecular formula is C16H22Cl2O2Zr. The molecule has 0 spiro atoms. The van der Waals surface area contributed by atoms with Crippen LogP contribution in [0.5, 0.6) is 0 Å². The van der Waals surface area contributed by atoms with Crippen LogP contribution in [0, 0.1) is 12.2 Å². The van der Waals surface area contributed by atoms with Crippen molar-refractivity contribution in [2.75, 3.05) is 27.4 Å². The summed E-state index contributed by atoms with van der Waals surface area (Å²) in [5, 5.41) is 0. The molecule has 0 saturated carbocycles. The third kappa shape index (κ3) is 13.7. The van der Waals surface area contributed by atoms with E-state index in [9.17, 15) is 0 Å². The standard InChI is InChI=1S/2C8H11O.2ClH.Zr/c2*1-9-7-6-8-4-2-3-5-8;;;/h2*2,4H,3,6-7H2,1H3;2*1H;/q2*-1;;;+4/p-2. The largest absolute Gasteiger partial charge is 4.00 e. The Morgan fingerprint density at radius 3 is 1.48 bits per heavy atom. The summed E-state index contributed by atoms with van der Waals surface area (Å²) in [5.41, 5.74) is 2.58. The zero-order valence-corrected chi connectivity index (χ0v) is 16.6. The van der Waals surface area contributed by atoms with Crippen molar-refractivity contribution in [3.8, 4) is 0 Å². The molecule has 21 heavy (non-hydrogen) atoms. The monoisotopic (exact) mass is 406 g/mol. The second-order valence-corrected chi connectivity index (χ2v) is 4.10. The molecule has 5 heteroatoms. The van der Waals surface area contributed by atoms with Gasteiger partial charge in [0, 0.05) is 27.4 Å². The molecule has 2 nitrogen and oxygen atoms in total. The van der Waals surface area contributed by atoms with Gasteiger partial charge in [-0.05, 0) is 12.8 Å². The molecule has 2 aliphatic carbocycles. The first kappa shape index (κ1) is 26.3. The summed E-state index contributed by atoms with van der Waals surface area (Å²) in [4.78, 5) is 0. The van der Waals surface area contributed by atoms with E-state index in [0.717, 1.165) is 38.9 Å². The molecule has 0 unspecified atom stereocenters. The van der Waals surface area contributed by atoms with Crippen molar-refractivity contribution in [3.05, 3.63) is 47.6 Å². The third-order valence-corrected chi connectivity index (χ3v) is 2.68. The van der Waals surface area contributed by atoms with Crippen molar-refractivity contribution in [3.63, 3.8) is 0 Å². The van der Waals surface area contributed by atoms with Crippen LogP contribution in [0.15, 0.2) is 35.5 Å². The van der Waals surface area contributed by atoms with E-state index < -0.39 is 0 Å². The molecule has 2 rings (SSSR count). The molecule has 0 aliphatic heterocycles. The van der Waals surface area contributed by atoms with Crippen molar-refractivity contribution in [1.29, 1.82) is 0 Å². The van der Waals surface area contributed by atoms with Gasteiger partial charge in [0.1, 0.15) is 0 Å². The minimum atomic E-state index is 0. The van der Waals surface area contributed by atoms with Crippen molar-refractivity contribution < 1.29 is 60.5 Å². The molecule has 116 valence electrons. The Kier molecular flexibility index (Phi) is 23.0. The molecule has 0 aromatic heterocycles. The van der Waals surface area contributed by atoms with E-state index >= 15 is 0 Å². The van der Waals surface area contributed by atoms with E-state index in [-0.39, 0.29) is 51.0 Å². The molecule has 0 radical (unpaired) electrons. The Morgan fingerprint density at radius 2 is 1.24 bits per heavy atom. The fourth-order valence-electron chi connectivity index (χ4n) is 1.67. The number of allylic oxidation sites excluding steroid dienone is 6. The Morgan fingerprint density at radius 1 is 0.857 bits per heavy atom. The second-order valence-electron chi connectivity index (χ2n) is 4.10. The fraction of sp³-hybridized carbons (Fsp3) is 0.500. The Labute approximate surface area is 160 Å². The van der Waals surface area contributed by atoms with Crippen LogP contribution in [-0.4, -0.2) is 27.4 Å². The molecule has 0 atom stereocenters. The van der Waals surface area contributed by atoms with Gasteiger partial charge in [0.25, 0.3) is 0 Å². The molecule has 0 heterocycles. The Hall–Kier alpha value is 0.343. The molecule has 0 aromatic rings. The van der Waals surface area contributed by atoms with Gasteiger partial charge in [-0.25, -0.2) is 23.3 Å². The van der Waals surface area contributed by atoms with Crippen LogP contribution in [0.4, 0.5) is 0 Å². The van der Waals surface area contributed by atoms with Gasteiger partial charge in [0.15, 0.2) is 0 Å². The summed E-state index contributed by atoms with van der Waals surface area (Å²) in [5.74, 6) is 0. The van der Waals surface area contributed by atoms with Gasteiger partial charge < -0.3 is 34.3 Å². The van der Waals surface area contributed by atoms with Gasteiger partial charge in [-0.3, -0.25) is 12.2 Å². The summed E-state index contributed by atoms with van der Waals surface area (Å²) in [6, 6.07) is 0. The van der Waals surface area contributed by atoms with Gasteiger partial charge in [0.2, 0.25) is 0 Å². The van der Waals surface area contributed by atoms with Crippen LogP contribution in [0.3, 0.4) is 0 Å². The second kappa shape index (κ2) is 18.4. The van der Waals surface area contributed by atoms with Crippen molar-refractivity contribution in [2.24, 2.45) is 0 Å². The van der Waals surface area contributed by atoms with Crippen LogP contribution in [0.2, 0.25) is 0 Å². The van der Waals surface area contributed by atoms with Gasteiger partial charge in [-0.1, -0.05) is 0 Å². The normalized spacial score (nSPS) is 14.0. The van der Waals surface area contributed by atoms with E-state index in [1.54, 1.807) is 14.2 Å². The number of halogens is 2. The van der Waals surface area contributed by atoms with E-state index in [4.69, 9.17) is 9.47 Å². The van der Waals surface area contributed by atoms with E-state index in [0.29, 0.717) is 0 Å². The van der Waals surface area contributed by atoms with Crippen molar-refractivity contribution in [2.45, 2.75) is 25.7 Å². The van der Waals surface area contributed by atoms with E-state index in [2.05, 4.69) is 36.5 Å². The van der Waals surface area contributed by atoms with Crippen LogP contribution < -0.4 is 24.8 Å². The molecule has 0 N–H and O–H groups in total.